The number of nitrogens with zero attached hydrogens (tertiary/aromatic N) is 2. The van der Waals surface area contributed by atoms with Crippen LogP contribution in [-0.2, 0) is 14.3 Å². The van der Waals surface area contributed by atoms with E-state index in [0.717, 1.165) is 29.2 Å². The zero-order chi connectivity index (χ0) is 27.9. The van der Waals surface area contributed by atoms with Crippen molar-refractivity contribution in [3.05, 3.63) is 64.7 Å². The molecule has 4 aromatic rings. The Morgan fingerprint density at radius 1 is 1.05 bits per heavy atom. The Hall–Kier alpha value is -4.47. The summed E-state index contributed by atoms with van der Waals surface area (Å²) in [5.41, 5.74) is 1.60. The first kappa shape index (κ1) is 27.6. The van der Waals surface area contributed by atoms with Crippen LogP contribution in [0.15, 0.2) is 59.0 Å². The Bertz CT molecular complexity index is 1500. The topological polar surface area (TPSA) is 142 Å². The van der Waals surface area contributed by atoms with E-state index in [1.807, 2.05) is 43.3 Å². The minimum Gasteiger partial charge on any atom is -0.494 e. The number of unbranched alkanes of at least 4 members (excludes halogenated alkanes) is 2. The highest BCUT2D eigenvalue weighted by molar-refractivity contribution is 5.94. The molecule has 0 saturated carbocycles. The maximum absolute atomic E-state index is 12.1. The van der Waals surface area contributed by atoms with Crippen molar-refractivity contribution in [3.63, 3.8) is 0 Å². The Balaban J connectivity index is 1.30. The number of nitro benzene ring substituents is 1. The summed E-state index contributed by atoms with van der Waals surface area (Å²) in [6, 6.07) is 15.8. The van der Waals surface area contributed by atoms with E-state index in [1.54, 1.807) is 13.0 Å². The summed E-state index contributed by atoms with van der Waals surface area (Å²) in [5, 5.41) is 22.3. The lowest BCUT2D eigenvalue weighted by Gasteiger charge is -2.15. The zero-order valence-corrected chi connectivity index (χ0v) is 21.8. The molecule has 2 atom stereocenters. The number of rotatable bonds is 13. The van der Waals surface area contributed by atoms with Crippen LogP contribution < -0.4 is 4.74 Å². The standard InChI is InChI=1S/C29H30N2O8/c1-3-18(2)38-29(34)24(28(32)33)7-5-4-6-14-37-23-12-10-19-15-21(9-8-20(19)16-23)27-30-25-13-11-22(31(35)36)17-26(25)39-27/h8-13,15-18,24H,3-7,14H2,1-2H3,(H,32,33). The summed E-state index contributed by atoms with van der Waals surface area (Å²) in [6.45, 7) is 4.08. The molecule has 10 heteroatoms. The molecule has 0 fully saturated rings. The molecule has 0 spiro atoms. The number of non-ortho nitro benzene ring substituents is 1. The monoisotopic (exact) mass is 534 g/mol. The number of carboxylic acids is 1. The van der Waals surface area contributed by atoms with Crippen molar-refractivity contribution in [2.75, 3.05) is 6.61 Å². The van der Waals surface area contributed by atoms with Crippen molar-refractivity contribution in [3.8, 4) is 17.2 Å². The predicted octanol–water partition coefficient (Wildman–Crippen LogP) is 6.54. The molecule has 0 aliphatic carbocycles. The second-order valence-corrected chi connectivity index (χ2v) is 9.40. The van der Waals surface area contributed by atoms with E-state index < -0.39 is 22.8 Å². The zero-order valence-electron chi connectivity index (χ0n) is 21.8. The van der Waals surface area contributed by atoms with Crippen LogP contribution in [-0.4, -0.2) is 39.7 Å². The van der Waals surface area contributed by atoms with Gasteiger partial charge in [0, 0.05) is 11.6 Å². The van der Waals surface area contributed by atoms with Gasteiger partial charge in [-0.15, -0.1) is 0 Å². The highest BCUT2D eigenvalue weighted by Gasteiger charge is 2.28. The Morgan fingerprint density at radius 2 is 1.82 bits per heavy atom. The SMILES string of the molecule is CCC(C)OC(=O)C(CCCCCOc1ccc2cc(-c3nc4ccc([N+](=O)[O-])cc4o3)ccc2c1)C(=O)O. The van der Waals surface area contributed by atoms with E-state index in [2.05, 4.69) is 4.98 Å². The van der Waals surface area contributed by atoms with E-state index in [9.17, 15) is 24.8 Å². The number of carboxylic acid groups (broad SMARTS) is 1. The van der Waals surface area contributed by atoms with Gasteiger partial charge in [-0.25, -0.2) is 4.98 Å². The van der Waals surface area contributed by atoms with Gasteiger partial charge in [-0.1, -0.05) is 31.9 Å². The fourth-order valence-corrected chi connectivity index (χ4v) is 4.12. The van der Waals surface area contributed by atoms with E-state index in [4.69, 9.17) is 13.9 Å². The number of aromatic nitrogens is 1. The number of hydrogen-bond donors (Lipinski definition) is 1. The van der Waals surface area contributed by atoms with E-state index >= 15 is 0 Å². The van der Waals surface area contributed by atoms with Gasteiger partial charge in [-0.05, 0) is 67.3 Å². The predicted molar refractivity (Wildman–Crippen MR) is 145 cm³/mol. The van der Waals surface area contributed by atoms with E-state index in [1.165, 1.54) is 12.1 Å². The fraction of sp³-hybridized carbons (Fsp3) is 0.345. The number of ether oxygens (including phenoxy) is 2. The summed E-state index contributed by atoms with van der Waals surface area (Å²) in [7, 11) is 0. The lowest BCUT2D eigenvalue weighted by Crippen LogP contribution is -2.28. The lowest BCUT2D eigenvalue weighted by atomic mass is 10.0. The number of nitro groups is 1. The van der Waals surface area contributed by atoms with Crippen LogP contribution in [0.1, 0.15) is 46.0 Å². The third kappa shape index (κ3) is 6.90. The molecule has 0 aliphatic heterocycles. The van der Waals surface area contributed by atoms with Crippen LogP contribution in [0, 0.1) is 16.0 Å². The van der Waals surface area contributed by atoms with Gasteiger partial charge in [0.1, 0.15) is 11.3 Å². The van der Waals surface area contributed by atoms with Gasteiger partial charge >= 0.3 is 11.9 Å². The van der Waals surface area contributed by atoms with Gasteiger partial charge in [-0.3, -0.25) is 19.7 Å². The molecule has 0 amide bonds. The molecule has 39 heavy (non-hydrogen) atoms. The van der Waals surface area contributed by atoms with Crippen molar-refractivity contribution < 1.29 is 33.5 Å². The fourth-order valence-electron chi connectivity index (χ4n) is 4.12. The Labute approximate surface area is 224 Å². The summed E-state index contributed by atoms with van der Waals surface area (Å²) < 4.78 is 16.8. The third-order valence-electron chi connectivity index (χ3n) is 6.52. The number of fused-ring (bicyclic) bond motifs is 2. The molecule has 0 saturated heterocycles. The Morgan fingerprint density at radius 3 is 2.56 bits per heavy atom. The van der Waals surface area contributed by atoms with Crippen molar-refractivity contribution in [2.45, 2.75) is 52.1 Å². The normalized spacial score (nSPS) is 12.8. The summed E-state index contributed by atoms with van der Waals surface area (Å²) in [4.78, 5) is 38.5. The molecule has 10 nitrogen and oxygen atoms in total. The van der Waals surface area contributed by atoms with Crippen molar-refractivity contribution >= 4 is 39.5 Å². The molecule has 1 N–H and O–H groups in total. The van der Waals surface area contributed by atoms with Crippen molar-refractivity contribution in [2.24, 2.45) is 5.92 Å². The third-order valence-corrected chi connectivity index (χ3v) is 6.52. The van der Waals surface area contributed by atoms with Gasteiger partial charge in [0.05, 0.1) is 23.7 Å². The van der Waals surface area contributed by atoms with Gasteiger partial charge in [-0.2, -0.15) is 0 Å². The molecule has 1 heterocycles. The minimum atomic E-state index is -1.15. The maximum Gasteiger partial charge on any atom is 0.320 e. The number of carbonyl (C=O) groups is 2. The molecule has 0 bridgehead atoms. The highest BCUT2D eigenvalue weighted by atomic mass is 16.6. The second kappa shape index (κ2) is 12.4. The molecule has 4 rings (SSSR count). The largest absolute Gasteiger partial charge is 0.494 e. The summed E-state index contributed by atoms with van der Waals surface area (Å²) in [5.74, 6) is -1.87. The first-order valence-corrected chi connectivity index (χ1v) is 12.9. The molecule has 1 aromatic heterocycles. The molecule has 2 unspecified atom stereocenters. The van der Waals surface area contributed by atoms with Crippen LogP contribution in [0.5, 0.6) is 5.75 Å². The number of oxazole rings is 1. The van der Waals surface area contributed by atoms with Crippen molar-refractivity contribution in [1.29, 1.82) is 0 Å². The number of esters is 1. The smallest absolute Gasteiger partial charge is 0.320 e. The number of aliphatic carboxylic acids is 1. The number of hydrogen-bond acceptors (Lipinski definition) is 8. The minimum absolute atomic E-state index is 0.0533. The molecular formula is C29H30N2O8. The van der Waals surface area contributed by atoms with Crippen LogP contribution >= 0.6 is 0 Å². The Kier molecular flexibility index (Phi) is 8.75. The first-order valence-electron chi connectivity index (χ1n) is 12.9. The molecule has 0 radical (unpaired) electrons. The molecular weight excluding hydrogens is 504 g/mol. The first-order chi connectivity index (χ1) is 18.7. The van der Waals surface area contributed by atoms with E-state index in [-0.39, 0.29) is 18.2 Å². The van der Waals surface area contributed by atoms with Gasteiger partial charge < -0.3 is 19.0 Å². The molecule has 0 aliphatic rings. The van der Waals surface area contributed by atoms with Gasteiger partial charge in [0.15, 0.2) is 11.5 Å². The lowest BCUT2D eigenvalue weighted by molar-refractivity contribution is -0.384. The van der Waals surface area contributed by atoms with Crippen LogP contribution in [0.2, 0.25) is 0 Å². The van der Waals surface area contributed by atoms with Gasteiger partial charge in [0.2, 0.25) is 5.89 Å². The second-order valence-electron chi connectivity index (χ2n) is 9.40. The van der Waals surface area contributed by atoms with E-state index in [0.29, 0.717) is 42.2 Å². The quantitative estimate of drug-likeness (QED) is 0.0665. The van der Waals surface area contributed by atoms with Crippen LogP contribution in [0.3, 0.4) is 0 Å². The van der Waals surface area contributed by atoms with Gasteiger partial charge in [0.25, 0.3) is 5.69 Å². The highest BCUT2D eigenvalue weighted by Crippen LogP contribution is 2.30. The number of benzene rings is 3. The van der Waals surface area contributed by atoms with Crippen molar-refractivity contribution in [1.82, 2.24) is 4.98 Å². The summed E-state index contributed by atoms with van der Waals surface area (Å²) >= 11 is 0. The van der Waals surface area contributed by atoms with Crippen LogP contribution in [0.25, 0.3) is 33.3 Å². The number of carbonyl (C=O) groups excluding carboxylic acids is 1. The molecule has 204 valence electrons. The average molecular weight is 535 g/mol. The van der Waals surface area contributed by atoms with Crippen LogP contribution in [0.4, 0.5) is 5.69 Å². The maximum atomic E-state index is 12.1. The summed E-state index contributed by atoms with van der Waals surface area (Å²) in [6.07, 6.45) is 2.61. The average Bonchev–Trinajstić information content (AvgIpc) is 3.35. The molecule has 3 aromatic carbocycles.